The Kier molecular flexibility index (Phi) is 10.2. The van der Waals surface area contributed by atoms with Crippen LogP contribution in [0.1, 0.15) is 35.2 Å². The molecule has 8 heteroatoms. The van der Waals surface area contributed by atoms with Crippen LogP contribution in [0.4, 0.5) is 0 Å². The van der Waals surface area contributed by atoms with E-state index in [9.17, 15) is 14.7 Å². The molecule has 0 unspecified atom stereocenters. The number of rotatable bonds is 14. The van der Waals surface area contributed by atoms with Crippen LogP contribution in [-0.4, -0.2) is 39.9 Å². The molecule has 0 atom stereocenters. The number of aryl methyl sites for hydroxylation is 1. The number of carbonyl (C=O) groups is 2. The molecule has 0 spiro atoms. The molecule has 3 aromatic carbocycles. The van der Waals surface area contributed by atoms with E-state index < -0.39 is 11.9 Å². The van der Waals surface area contributed by atoms with Crippen molar-refractivity contribution in [3.8, 4) is 11.5 Å². The summed E-state index contributed by atoms with van der Waals surface area (Å²) in [5.74, 6) is -0.278. The first-order valence-electron chi connectivity index (χ1n) is 13.3. The predicted molar refractivity (Wildman–Crippen MR) is 162 cm³/mol. The Labute approximate surface area is 243 Å². The van der Waals surface area contributed by atoms with E-state index in [4.69, 9.17) is 26.2 Å². The zero-order valence-electron chi connectivity index (χ0n) is 22.8. The smallest absolute Gasteiger partial charge is 0.323 e. The average molecular weight is 574 g/mol. The highest BCUT2D eigenvalue weighted by Gasteiger charge is 2.18. The van der Waals surface area contributed by atoms with E-state index in [1.807, 2.05) is 85.8 Å². The van der Waals surface area contributed by atoms with Gasteiger partial charge in [0, 0.05) is 22.5 Å². The van der Waals surface area contributed by atoms with Crippen LogP contribution in [0.25, 0.3) is 23.1 Å². The van der Waals surface area contributed by atoms with E-state index in [1.54, 1.807) is 16.7 Å². The maximum absolute atomic E-state index is 11.7. The van der Waals surface area contributed by atoms with E-state index in [0.717, 1.165) is 44.8 Å². The summed E-state index contributed by atoms with van der Waals surface area (Å²) in [6.45, 7) is 2.57. The van der Waals surface area contributed by atoms with Crippen LogP contribution >= 0.6 is 11.6 Å². The molecule has 0 aliphatic carbocycles. The highest BCUT2D eigenvalue weighted by atomic mass is 35.5. The Morgan fingerprint density at radius 2 is 1.49 bits per heavy atom. The molecule has 1 aromatic heterocycles. The molecule has 4 rings (SSSR count). The van der Waals surface area contributed by atoms with Gasteiger partial charge in [-0.3, -0.25) is 9.59 Å². The summed E-state index contributed by atoms with van der Waals surface area (Å²) >= 11 is 5.87. The SMILES string of the molecule is Cc1c(CCCC(=O)O)c2cccc(/C=C/c3ccc(OC/C=C/COc4ccc(Cl)cc4)cc3)c2n1CC(=O)O. The van der Waals surface area contributed by atoms with Gasteiger partial charge in [-0.2, -0.15) is 0 Å². The van der Waals surface area contributed by atoms with Crippen LogP contribution in [0.3, 0.4) is 0 Å². The van der Waals surface area contributed by atoms with Crippen molar-refractivity contribution in [2.24, 2.45) is 0 Å². The fourth-order valence-corrected chi connectivity index (χ4v) is 4.77. The molecule has 0 aliphatic rings. The maximum Gasteiger partial charge on any atom is 0.323 e. The molecular weight excluding hydrogens is 542 g/mol. The van der Waals surface area contributed by atoms with Gasteiger partial charge in [0.15, 0.2) is 0 Å². The van der Waals surface area contributed by atoms with Gasteiger partial charge in [0.25, 0.3) is 0 Å². The largest absolute Gasteiger partial charge is 0.490 e. The Morgan fingerprint density at radius 1 is 0.854 bits per heavy atom. The number of benzene rings is 3. The number of carboxylic acid groups (broad SMARTS) is 2. The summed E-state index contributed by atoms with van der Waals surface area (Å²) in [7, 11) is 0. The number of para-hydroxylation sites is 1. The van der Waals surface area contributed by atoms with E-state index in [1.165, 1.54) is 0 Å². The van der Waals surface area contributed by atoms with Gasteiger partial charge in [-0.25, -0.2) is 0 Å². The second kappa shape index (κ2) is 14.2. The van der Waals surface area contributed by atoms with Crippen LogP contribution in [-0.2, 0) is 22.6 Å². The molecule has 0 radical (unpaired) electrons. The van der Waals surface area contributed by atoms with Gasteiger partial charge in [0.1, 0.15) is 31.3 Å². The van der Waals surface area contributed by atoms with Crippen LogP contribution in [0, 0.1) is 6.92 Å². The molecule has 0 saturated carbocycles. The first-order chi connectivity index (χ1) is 19.8. The first-order valence-corrected chi connectivity index (χ1v) is 13.7. The summed E-state index contributed by atoms with van der Waals surface area (Å²) in [6, 6.07) is 20.8. The Balaban J connectivity index is 1.41. The number of carboxylic acids is 2. The number of aliphatic carboxylic acids is 2. The number of hydrogen-bond donors (Lipinski definition) is 2. The number of halogens is 1. The molecule has 0 fully saturated rings. The molecule has 1 heterocycles. The van der Waals surface area contributed by atoms with Crippen molar-refractivity contribution in [2.45, 2.75) is 32.7 Å². The number of hydrogen-bond acceptors (Lipinski definition) is 4. The zero-order valence-corrected chi connectivity index (χ0v) is 23.5. The predicted octanol–water partition coefficient (Wildman–Crippen LogP) is 7.28. The van der Waals surface area contributed by atoms with Gasteiger partial charge >= 0.3 is 11.9 Å². The molecule has 2 N–H and O–H groups in total. The summed E-state index contributed by atoms with van der Waals surface area (Å²) < 4.78 is 13.2. The summed E-state index contributed by atoms with van der Waals surface area (Å²) in [5, 5.41) is 20.2. The summed E-state index contributed by atoms with van der Waals surface area (Å²) in [5.41, 5.74) is 4.53. The minimum atomic E-state index is -0.930. The van der Waals surface area contributed by atoms with E-state index in [2.05, 4.69) is 0 Å². The molecule has 0 bridgehead atoms. The first kappa shape index (κ1) is 29.5. The van der Waals surface area contributed by atoms with Crippen molar-refractivity contribution >= 4 is 46.6 Å². The number of fused-ring (bicyclic) bond motifs is 1. The van der Waals surface area contributed by atoms with Crippen LogP contribution in [0.15, 0.2) is 78.9 Å². The van der Waals surface area contributed by atoms with Gasteiger partial charge in [0.05, 0.1) is 5.52 Å². The standard InChI is InChI=1S/C33H32ClNO6/c1-23-29(7-5-9-31(36)37)30-8-4-6-25(33(30)35(23)22-32(38)39)13-10-24-11-16-27(17-12-24)40-20-2-3-21-41-28-18-14-26(34)15-19-28/h2-4,6,8,10-19H,5,7,9,20-22H2,1H3,(H,36,37)(H,38,39)/b3-2+,13-10+. The minimum absolute atomic E-state index is 0.0688. The molecular formula is C33H32ClNO6. The van der Waals surface area contributed by atoms with Crippen molar-refractivity contribution in [2.75, 3.05) is 13.2 Å². The Bertz CT molecular complexity index is 1550. The third kappa shape index (κ3) is 8.25. The lowest BCUT2D eigenvalue weighted by Gasteiger charge is -2.08. The molecule has 7 nitrogen and oxygen atoms in total. The van der Waals surface area contributed by atoms with Gasteiger partial charge in [0.2, 0.25) is 0 Å². The van der Waals surface area contributed by atoms with Crippen LogP contribution < -0.4 is 9.47 Å². The van der Waals surface area contributed by atoms with E-state index >= 15 is 0 Å². The van der Waals surface area contributed by atoms with Gasteiger partial charge in [-0.15, -0.1) is 0 Å². The van der Waals surface area contributed by atoms with Crippen molar-refractivity contribution in [3.63, 3.8) is 0 Å². The lowest BCUT2D eigenvalue weighted by molar-refractivity contribution is -0.138. The van der Waals surface area contributed by atoms with Crippen molar-refractivity contribution in [3.05, 3.63) is 106 Å². The number of ether oxygens (including phenoxy) is 2. The number of nitrogens with zero attached hydrogens (tertiary/aromatic N) is 1. The lowest BCUT2D eigenvalue weighted by atomic mass is 10.0. The lowest BCUT2D eigenvalue weighted by Crippen LogP contribution is -2.10. The average Bonchev–Trinajstić information content (AvgIpc) is 3.21. The molecule has 212 valence electrons. The molecule has 41 heavy (non-hydrogen) atoms. The normalized spacial score (nSPS) is 11.5. The number of aromatic nitrogens is 1. The maximum atomic E-state index is 11.7. The Hall–Kier alpha value is -4.49. The van der Waals surface area contributed by atoms with E-state index in [-0.39, 0.29) is 13.0 Å². The molecule has 0 amide bonds. The van der Waals surface area contributed by atoms with E-state index in [0.29, 0.717) is 31.1 Å². The second-order valence-electron chi connectivity index (χ2n) is 9.48. The molecule has 4 aromatic rings. The third-order valence-corrected chi connectivity index (χ3v) is 6.87. The second-order valence-corrected chi connectivity index (χ2v) is 9.92. The Morgan fingerprint density at radius 3 is 2.10 bits per heavy atom. The summed E-state index contributed by atoms with van der Waals surface area (Å²) in [6.07, 6.45) is 8.87. The summed E-state index contributed by atoms with van der Waals surface area (Å²) in [4.78, 5) is 22.7. The van der Waals surface area contributed by atoms with Crippen LogP contribution in [0.2, 0.25) is 5.02 Å². The van der Waals surface area contributed by atoms with Crippen LogP contribution in [0.5, 0.6) is 11.5 Å². The van der Waals surface area contributed by atoms with Gasteiger partial charge in [-0.05, 0) is 85.0 Å². The third-order valence-electron chi connectivity index (χ3n) is 6.62. The fourth-order valence-electron chi connectivity index (χ4n) is 4.65. The van der Waals surface area contributed by atoms with Crippen molar-refractivity contribution < 1.29 is 29.3 Å². The zero-order chi connectivity index (χ0) is 29.2. The molecule has 0 saturated heterocycles. The minimum Gasteiger partial charge on any atom is -0.490 e. The fraction of sp³-hybridized carbons (Fsp3) is 0.212. The van der Waals surface area contributed by atoms with Gasteiger partial charge in [-0.1, -0.05) is 54.1 Å². The highest BCUT2D eigenvalue weighted by molar-refractivity contribution is 6.30. The quantitative estimate of drug-likeness (QED) is 0.121. The topological polar surface area (TPSA) is 98.0 Å². The monoisotopic (exact) mass is 573 g/mol. The highest BCUT2D eigenvalue weighted by Crippen LogP contribution is 2.31. The van der Waals surface area contributed by atoms with Crippen molar-refractivity contribution in [1.29, 1.82) is 0 Å². The van der Waals surface area contributed by atoms with Crippen molar-refractivity contribution in [1.82, 2.24) is 4.57 Å². The van der Waals surface area contributed by atoms with Gasteiger partial charge < -0.3 is 24.3 Å². The molecule has 0 aliphatic heterocycles.